The highest BCUT2D eigenvalue weighted by Crippen LogP contribution is 2.30. The molecule has 0 saturated carbocycles. The van der Waals surface area contributed by atoms with Gasteiger partial charge in [-0.3, -0.25) is 9.48 Å². The molecule has 7 heteroatoms. The van der Waals surface area contributed by atoms with Gasteiger partial charge in [-0.25, -0.2) is 0 Å². The minimum absolute atomic E-state index is 0.194. The largest absolute Gasteiger partial charge is 0.494 e. The lowest BCUT2D eigenvalue weighted by Gasteiger charge is -2.23. The van der Waals surface area contributed by atoms with Crippen LogP contribution in [0.3, 0.4) is 0 Å². The predicted molar refractivity (Wildman–Crippen MR) is 130 cm³/mol. The molecule has 1 aromatic heterocycles. The minimum Gasteiger partial charge on any atom is -0.494 e. The van der Waals surface area contributed by atoms with Crippen LogP contribution in [0.5, 0.6) is 5.75 Å². The molecule has 2 aromatic carbocycles. The summed E-state index contributed by atoms with van der Waals surface area (Å²) in [4.78, 5) is 12.7. The average molecular weight is 467 g/mol. The molecule has 0 aliphatic carbocycles. The van der Waals surface area contributed by atoms with E-state index < -0.39 is 11.4 Å². The Balaban J connectivity index is 1.48. The molecule has 1 aliphatic rings. The van der Waals surface area contributed by atoms with Crippen LogP contribution in [0.25, 0.3) is 10.9 Å². The molecule has 3 aromatic rings. The summed E-state index contributed by atoms with van der Waals surface area (Å²) in [5.74, 6) is 0.0393. The molecule has 34 heavy (non-hydrogen) atoms. The molecule has 0 radical (unpaired) electrons. The quantitative estimate of drug-likeness (QED) is 0.316. The van der Waals surface area contributed by atoms with Crippen LogP contribution in [0.4, 0.5) is 0 Å². The minimum atomic E-state index is -0.538. The lowest BCUT2D eigenvalue weighted by Crippen LogP contribution is -2.26. The summed E-state index contributed by atoms with van der Waals surface area (Å²) in [5, 5.41) is 5.60. The van der Waals surface area contributed by atoms with E-state index in [0.717, 1.165) is 35.1 Å². The second-order valence-corrected chi connectivity index (χ2v) is 9.81. The first-order valence-corrected chi connectivity index (χ1v) is 11.9. The third-order valence-electron chi connectivity index (χ3n) is 5.77. The number of carbonyl (C=O) groups is 1. The maximum absolute atomic E-state index is 12.7. The van der Waals surface area contributed by atoms with Crippen molar-refractivity contribution in [3.63, 3.8) is 0 Å². The highest BCUT2D eigenvalue weighted by Gasteiger charge is 2.30. The number of hydrogen-bond donors (Lipinski definition) is 0. The molecule has 7 nitrogen and oxygen atoms in total. The number of rotatable bonds is 9. The number of ether oxygens (including phenoxy) is 4. The Labute approximate surface area is 200 Å². The maximum Gasteiger partial charge on any atom is 0.308 e. The van der Waals surface area contributed by atoms with Gasteiger partial charge in [0.15, 0.2) is 5.79 Å². The highest BCUT2D eigenvalue weighted by atomic mass is 16.7. The van der Waals surface area contributed by atoms with Gasteiger partial charge in [-0.1, -0.05) is 30.3 Å². The van der Waals surface area contributed by atoms with Crippen LogP contribution >= 0.6 is 0 Å². The Kier molecular flexibility index (Phi) is 7.24. The Morgan fingerprint density at radius 3 is 2.59 bits per heavy atom. The van der Waals surface area contributed by atoms with Crippen molar-refractivity contribution in [1.29, 1.82) is 0 Å². The van der Waals surface area contributed by atoms with E-state index in [-0.39, 0.29) is 18.4 Å². The van der Waals surface area contributed by atoms with Crippen LogP contribution in [0.2, 0.25) is 0 Å². The van der Waals surface area contributed by atoms with Gasteiger partial charge in [-0.05, 0) is 57.9 Å². The van der Waals surface area contributed by atoms with Gasteiger partial charge >= 0.3 is 5.97 Å². The molecule has 1 saturated heterocycles. The molecule has 4 rings (SSSR count). The van der Waals surface area contributed by atoms with Crippen LogP contribution in [-0.4, -0.2) is 47.0 Å². The van der Waals surface area contributed by atoms with Crippen LogP contribution in [0.1, 0.15) is 58.6 Å². The Hall–Kier alpha value is -2.90. The van der Waals surface area contributed by atoms with Crippen molar-refractivity contribution < 1.29 is 23.7 Å². The van der Waals surface area contributed by atoms with E-state index in [1.807, 2.05) is 87.1 Å². The maximum atomic E-state index is 12.7. The summed E-state index contributed by atoms with van der Waals surface area (Å²) in [5.41, 5.74) is 1.40. The van der Waals surface area contributed by atoms with Crippen LogP contribution in [0, 0.1) is 0 Å². The van der Waals surface area contributed by atoms with Crippen LogP contribution in [0.15, 0.2) is 54.7 Å². The van der Waals surface area contributed by atoms with Crippen LogP contribution < -0.4 is 4.74 Å². The zero-order valence-electron chi connectivity index (χ0n) is 20.5. The molecule has 0 amide bonds. The molecule has 0 spiro atoms. The van der Waals surface area contributed by atoms with Crippen molar-refractivity contribution in [2.75, 3.05) is 19.8 Å². The van der Waals surface area contributed by atoms with Gasteiger partial charge in [-0.15, -0.1) is 0 Å². The standard InChI is InChI=1S/C27H34N2O5/c1-26(2,3)34-25(30)18-24(20-9-6-5-7-10-20)29-23-12-11-22(17-21(23)19-28-29)31-14-8-13-27(4)32-15-16-33-27/h5-7,9-12,17,19,24H,8,13-16,18H2,1-4H3. The van der Waals surface area contributed by atoms with Gasteiger partial charge in [0, 0.05) is 11.8 Å². The second-order valence-electron chi connectivity index (χ2n) is 9.81. The molecule has 2 heterocycles. The zero-order valence-corrected chi connectivity index (χ0v) is 20.5. The summed E-state index contributed by atoms with van der Waals surface area (Å²) < 4.78 is 24.8. The van der Waals surface area contributed by atoms with E-state index in [0.29, 0.717) is 19.8 Å². The van der Waals surface area contributed by atoms with Gasteiger partial charge < -0.3 is 18.9 Å². The third-order valence-corrected chi connectivity index (χ3v) is 5.77. The highest BCUT2D eigenvalue weighted by molar-refractivity contribution is 5.81. The first-order chi connectivity index (χ1) is 16.2. The monoisotopic (exact) mass is 466 g/mol. The van der Waals surface area contributed by atoms with E-state index >= 15 is 0 Å². The Morgan fingerprint density at radius 2 is 1.88 bits per heavy atom. The molecule has 0 N–H and O–H groups in total. The van der Waals surface area contributed by atoms with Crippen molar-refractivity contribution in [3.05, 3.63) is 60.3 Å². The van der Waals surface area contributed by atoms with E-state index in [9.17, 15) is 4.79 Å². The number of nitrogens with zero attached hydrogens (tertiary/aromatic N) is 2. The van der Waals surface area contributed by atoms with Gasteiger partial charge in [0.25, 0.3) is 0 Å². The number of carbonyl (C=O) groups excluding carboxylic acids is 1. The summed E-state index contributed by atoms with van der Waals surface area (Å²) in [7, 11) is 0. The smallest absolute Gasteiger partial charge is 0.308 e. The van der Waals surface area contributed by atoms with Crippen molar-refractivity contribution in [2.24, 2.45) is 0 Å². The van der Waals surface area contributed by atoms with Crippen molar-refractivity contribution >= 4 is 16.9 Å². The molecule has 0 bridgehead atoms. The van der Waals surface area contributed by atoms with Crippen molar-refractivity contribution in [1.82, 2.24) is 9.78 Å². The number of benzene rings is 2. The number of fused-ring (bicyclic) bond motifs is 1. The van der Waals surface area contributed by atoms with Gasteiger partial charge in [0.05, 0.1) is 44.0 Å². The van der Waals surface area contributed by atoms with Gasteiger partial charge in [-0.2, -0.15) is 5.10 Å². The molecule has 1 aliphatic heterocycles. The number of aromatic nitrogens is 2. The average Bonchev–Trinajstić information content (AvgIpc) is 3.41. The molecule has 182 valence electrons. The second kappa shape index (κ2) is 10.2. The van der Waals surface area contributed by atoms with E-state index in [1.54, 1.807) is 0 Å². The fourth-order valence-corrected chi connectivity index (χ4v) is 4.22. The SMILES string of the molecule is CC(C)(C)OC(=O)CC(c1ccccc1)n1ncc2cc(OCCCC3(C)OCCO3)ccc21. The lowest BCUT2D eigenvalue weighted by atomic mass is 10.0. The Morgan fingerprint density at radius 1 is 1.15 bits per heavy atom. The summed E-state index contributed by atoms with van der Waals surface area (Å²) in [6.07, 6.45) is 3.63. The van der Waals surface area contributed by atoms with E-state index in [1.165, 1.54) is 0 Å². The molecule has 1 unspecified atom stereocenters. The van der Waals surface area contributed by atoms with Crippen LogP contribution in [-0.2, 0) is 19.0 Å². The third kappa shape index (κ3) is 6.15. The van der Waals surface area contributed by atoms with Gasteiger partial charge in [0.1, 0.15) is 11.4 Å². The fourth-order valence-electron chi connectivity index (χ4n) is 4.22. The van der Waals surface area contributed by atoms with Crippen molar-refractivity contribution in [2.45, 2.75) is 64.4 Å². The Bertz CT molecular complexity index is 1100. The van der Waals surface area contributed by atoms with Gasteiger partial charge in [0.2, 0.25) is 0 Å². The van der Waals surface area contributed by atoms with E-state index in [4.69, 9.17) is 18.9 Å². The normalized spacial score (nSPS) is 16.5. The molecular formula is C27H34N2O5. The zero-order chi connectivity index (χ0) is 24.2. The predicted octanol–water partition coefficient (Wildman–Crippen LogP) is 5.28. The fraction of sp³-hybridized carbons (Fsp3) is 0.481. The molecule has 1 atom stereocenters. The topological polar surface area (TPSA) is 71.8 Å². The number of hydrogen-bond acceptors (Lipinski definition) is 6. The first-order valence-electron chi connectivity index (χ1n) is 11.9. The van der Waals surface area contributed by atoms with Crippen molar-refractivity contribution in [3.8, 4) is 5.75 Å². The summed E-state index contributed by atoms with van der Waals surface area (Å²) >= 11 is 0. The summed E-state index contributed by atoms with van der Waals surface area (Å²) in [6.45, 7) is 9.48. The molecule has 1 fully saturated rings. The number of esters is 1. The molecular weight excluding hydrogens is 432 g/mol. The lowest BCUT2D eigenvalue weighted by molar-refractivity contribution is -0.155. The first kappa shape index (κ1) is 24.2. The summed E-state index contributed by atoms with van der Waals surface area (Å²) in [6, 6.07) is 15.6. The van der Waals surface area contributed by atoms with E-state index in [2.05, 4.69) is 5.10 Å².